The zero-order valence-electron chi connectivity index (χ0n) is 9.49. The normalized spacial score (nSPS) is 10.3. The SMILES string of the molecule is Nc1nc(N)c(Sc2ccc([N+](=O)[O-])cc2)c(=O)[nH]1. The Kier molecular flexibility index (Phi) is 3.38. The van der Waals surface area contributed by atoms with E-state index >= 15 is 0 Å². The lowest BCUT2D eigenvalue weighted by Crippen LogP contribution is -2.15. The van der Waals surface area contributed by atoms with E-state index in [1.54, 1.807) is 0 Å². The van der Waals surface area contributed by atoms with Crippen molar-refractivity contribution in [2.24, 2.45) is 0 Å². The second-order valence-corrected chi connectivity index (χ2v) is 4.60. The van der Waals surface area contributed by atoms with Gasteiger partial charge in [-0.1, -0.05) is 11.8 Å². The van der Waals surface area contributed by atoms with Gasteiger partial charge in [-0.2, -0.15) is 4.98 Å². The van der Waals surface area contributed by atoms with E-state index in [9.17, 15) is 14.9 Å². The van der Waals surface area contributed by atoms with Crippen molar-refractivity contribution >= 4 is 29.2 Å². The molecule has 0 amide bonds. The van der Waals surface area contributed by atoms with E-state index in [0.29, 0.717) is 4.90 Å². The van der Waals surface area contributed by atoms with E-state index in [1.807, 2.05) is 0 Å². The molecular formula is C10H9N5O3S. The number of aromatic amines is 1. The van der Waals surface area contributed by atoms with Crippen molar-refractivity contribution in [2.45, 2.75) is 9.79 Å². The Morgan fingerprint density at radius 2 is 1.89 bits per heavy atom. The summed E-state index contributed by atoms with van der Waals surface area (Å²) in [6, 6.07) is 5.74. The van der Waals surface area contributed by atoms with Gasteiger partial charge in [-0.15, -0.1) is 0 Å². The molecule has 2 aromatic rings. The minimum atomic E-state index is -0.500. The lowest BCUT2D eigenvalue weighted by molar-refractivity contribution is -0.384. The van der Waals surface area contributed by atoms with Crippen molar-refractivity contribution in [3.05, 3.63) is 44.7 Å². The number of nitrogens with one attached hydrogen (secondary N) is 1. The highest BCUT2D eigenvalue weighted by Crippen LogP contribution is 2.29. The van der Waals surface area contributed by atoms with Gasteiger partial charge in [0.1, 0.15) is 10.7 Å². The number of non-ortho nitro benzene ring substituents is 1. The van der Waals surface area contributed by atoms with Crippen LogP contribution in [0, 0.1) is 10.1 Å². The molecule has 0 aliphatic heterocycles. The molecule has 1 aromatic heterocycles. The van der Waals surface area contributed by atoms with Crippen LogP contribution in [0.1, 0.15) is 0 Å². The number of hydrogen-bond acceptors (Lipinski definition) is 7. The van der Waals surface area contributed by atoms with Crippen LogP contribution in [0.3, 0.4) is 0 Å². The molecule has 0 saturated carbocycles. The molecule has 98 valence electrons. The summed E-state index contributed by atoms with van der Waals surface area (Å²) in [4.78, 5) is 28.6. The molecule has 8 nitrogen and oxygen atoms in total. The number of nitrogens with two attached hydrogens (primary N) is 2. The first-order chi connectivity index (χ1) is 8.97. The zero-order valence-corrected chi connectivity index (χ0v) is 10.3. The predicted octanol–water partition coefficient (Wildman–Crippen LogP) is 0.994. The van der Waals surface area contributed by atoms with Gasteiger partial charge in [-0.05, 0) is 12.1 Å². The van der Waals surface area contributed by atoms with Crippen molar-refractivity contribution in [3.63, 3.8) is 0 Å². The van der Waals surface area contributed by atoms with Gasteiger partial charge in [-0.3, -0.25) is 19.9 Å². The average Bonchev–Trinajstić information content (AvgIpc) is 2.34. The van der Waals surface area contributed by atoms with Gasteiger partial charge in [0, 0.05) is 17.0 Å². The fourth-order valence-electron chi connectivity index (χ4n) is 1.35. The molecule has 0 atom stereocenters. The van der Waals surface area contributed by atoms with Crippen LogP contribution in [0.2, 0.25) is 0 Å². The molecule has 1 aromatic carbocycles. The van der Waals surface area contributed by atoms with Gasteiger partial charge in [0.2, 0.25) is 5.95 Å². The summed E-state index contributed by atoms with van der Waals surface area (Å²) in [5, 5.41) is 10.5. The largest absolute Gasteiger partial charge is 0.382 e. The second kappa shape index (κ2) is 4.98. The third kappa shape index (κ3) is 2.83. The first kappa shape index (κ1) is 12.9. The maximum atomic E-state index is 11.7. The summed E-state index contributed by atoms with van der Waals surface area (Å²) in [6.45, 7) is 0. The number of nitrogen functional groups attached to an aromatic ring is 2. The topological polar surface area (TPSA) is 141 Å². The maximum Gasteiger partial charge on any atom is 0.269 e. The van der Waals surface area contributed by atoms with Gasteiger partial charge in [-0.25, -0.2) is 0 Å². The Morgan fingerprint density at radius 1 is 1.26 bits per heavy atom. The Hall–Kier alpha value is -2.55. The summed E-state index contributed by atoms with van der Waals surface area (Å²) < 4.78 is 0. The van der Waals surface area contributed by atoms with Gasteiger partial charge >= 0.3 is 0 Å². The number of nitro groups is 1. The van der Waals surface area contributed by atoms with Crippen molar-refractivity contribution in [1.29, 1.82) is 0 Å². The third-order valence-corrected chi connectivity index (χ3v) is 3.30. The molecule has 9 heteroatoms. The van der Waals surface area contributed by atoms with E-state index in [0.717, 1.165) is 11.8 Å². The fourth-order valence-corrected chi connectivity index (χ4v) is 2.15. The highest BCUT2D eigenvalue weighted by atomic mass is 32.2. The molecule has 0 radical (unpaired) electrons. The van der Waals surface area contributed by atoms with Crippen LogP contribution in [0.4, 0.5) is 17.5 Å². The molecule has 0 fully saturated rings. The number of nitrogens with zero attached hydrogens (tertiary/aromatic N) is 2. The van der Waals surface area contributed by atoms with Crippen LogP contribution in [0.15, 0.2) is 38.9 Å². The van der Waals surface area contributed by atoms with Crippen LogP contribution in [-0.4, -0.2) is 14.9 Å². The van der Waals surface area contributed by atoms with Crippen LogP contribution >= 0.6 is 11.8 Å². The standard InChI is InChI=1S/C10H9N5O3S/c11-8-7(9(16)14-10(12)13-8)19-6-3-1-5(2-4-6)15(17)18/h1-4H,(H5,11,12,13,14,16). The van der Waals surface area contributed by atoms with E-state index in [4.69, 9.17) is 11.5 Å². The number of aromatic nitrogens is 2. The average molecular weight is 279 g/mol. The Morgan fingerprint density at radius 3 is 2.42 bits per heavy atom. The number of rotatable bonds is 3. The van der Waals surface area contributed by atoms with E-state index < -0.39 is 10.5 Å². The van der Waals surface area contributed by atoms with Crippen molar-refractivity contribution < 1.29 is 4.92 Å². The minimum absolute atomic E-state index is 0.0182. The van der Waals surface area contributed by atoms with Crippen LogP contribution in [0.25, 0.3) is 0 Å². The molecule has 19 heavy (non-hydrogen) atoms. The van der Waals surface area contributed by atoms with Crippen LogP contribution < -0.4 is 17.0 Å². The summed E-state index contributed by atoms with van der Waals surface area (Å²) in [6.07, 6.45) is 0. The van der Waals surface area contributed by atoms with Crippen LogP contribution in [-0.2, 0) is 0 Å². The Bertz CT molecular complexity index is 683. The fraction of sp³-hybridized carbons (Fsp3) is 0. The maximum absolute atomic E-state index is 11.7. The highest BCUT2D eigenvalue weighted by Gasteiger charge is 2.11. The summed E-state index contributed by atoms with van der Waals surface area (Å²) >= 11 is 1.06. The van der Waals surface area contributed by atoms with Crippen molar-refractivity contribution in [3.8, 4) is 0 Å². The highest BCUT2D eigenvalue weighted by molar-refractivity contribution is 7.99. The first-order valence-corrected chi connectivity index (χ1v) is 5.86. The molecule has 2 rings (SSSR count). The monoisotopic (exact) mass is 279 g/mol. The quantitative estimate of drug-likeness (QED) is 0.562. The van der Waals surface area contributed by atoms with Gasteiger partial charge in [0.05, 0.1) is 4.92 Å². The Balaban J connectivity index is 2.31. The molecular weight excluding hydrogens is 270 g/mol. The summed E-state index contributed by atoms with van der Waals surface area (Å²) in [7, 11) is 0. The minimum Gasteiger partial charge on any atom is -0.382 e. The lowest BCUT2D eigenvalue weighted by atomic mass is 10.3. The molecule has 0 spiro atoms. The van der Waals surface area contributed by atoms with Gasteiger partial charge in [0.25, 0.3) is 11.2 Å². The number of benzene rings is 1. The van der Waals surface area contributed by atoms with Gasteiger partial charge in [0.15, 0.2) is 0 Å². The molecule has 1 heterocycles. The molecule has 0 unspecified atom stereocenters. The smallest absolute Gasteiger partial charge is 0.269 e. The summed E-state index contributed by atoms with van der Waals surface area (Å²) in [5.74, 6) is -0.0415. The number of H-pyrrole nitrogens is 1. The van der Waals surface area contributed by atoms with E-state index in [2.05, 4.69) is 9.97 Å². The van der Waals surface area contributed by atoms with Gasteiger partial charge < -0.3 is 11.5 Å². The Labute approximate surface area is 111 Å². The molecule has 5 N–H and O–H groups in total. The van der Waals surface area contributed by atoms with Crippen LogP contribution in [0.5, 0.6) is 0 Å². The second-order valence-electron chi connectivity index (χ2n) is 3.52. The molecule has 0 bridgehead atoms. The molecule has 0 aliphatic carbocycles. The number of nitro benzene ring substituents is 1. The number of hydrogen-bond donors (Lipinski definition) is 3. The van der Waals surface area contributed by atoms with Crippen molar-refractivity contribution in [2.75, 3.05) is 11.5 Å². The van der Waals surface area contributed by atoms with E-state index in [-0.39, 0.29) is 22.3 Å². The predicted molar refractivity (Wildman–Crippen MR) is 70.9 cm³/mol. The third-order valence-electron chi connectivity index (χ3n) is 2.19. The lowest BCUT2D eigenvalue weighted by Gasteiger charge is -2.04. The number of anilines is 2. The molecule has 0 saturated heterocycles. The first-order valence-electron chi connectivity index (χ1n) is 5.05. The zero-order chi connectivity index (χ0) is 14.0. The van der Waals surface area contributed by atoms with Crippen molar-refractivity contribution in [1.82, 2.24) is 9.97 Å². The summed E-state index contributed by atoms with van der Waals surface area (Å²) in [5.41, 5.74) is 10.5. The molecule has 0 aliphatic rings. The van der Waals surface area contributed by atoms with E-state index in [1.165, 1.54) is 24.3 Å².